The Kier molecular flexibility index (Phi) is 9.41. The van der Waals surface area contributed by atoms with Gasteiger partial charge in [-0.15, -0.1) is 0 Å². The highest BCUT2D eigenvalue weighted by atomic mass is 79.9. The number of nitrogens with one attached hydrogen (secondary N) is 1. The van der Waals surface area contributed by atoms with Crippen molar-refractivity contribution < 1.29 is 14.3 Å². The molecular weight excluding hydrogens is 614 g/mol. The van der Waals surface area contributed by atoms with Crippen LogP contribution in [0.1, 0.15) is 34.1 Å². The zero-order valence-electron chi connectivity index (χ0n) is 23.2. The Morgan fingerprint density at radius 1 is 0.952 bits per heavy atom. The van der Waals surface area contributed by atoms with Gasteiger partial charge in [-0.2, -0.15) is 5.10 Å². The van der Waals surface area contributed by atoms with E-state index in [0.717, 1.165) is 32.7 Å². The highest BCUT2D eigenvalue weighted by molar-refractivity contribution is 9.10. The molecule has 0 bridgehead atoms. The molecule has 0 saturated carbocycles. The average Bonchev–Trinajstić information content (AvgIpc) is 3.39. The monoisotopic (exact) mass is 641 g/mol. The lowest BCUT2D eigenvalue weighted by Gasteiger charge is -2.14. The lowest BCUT2D eigenvalue weighted by Crippen LogP contribution is -2.17. The Balaban J connectivity index is 1.26. The van der Waals surface area contributed by atoms with Crippen LogP contribution < -0.4 is 14.9 Å². The molecule has 1 N–H and O–H groups in total. The highest BCUT2D eigenvalue weighted by Crippen LogP contribution is 2.37. The lowest BCUT2D eigenvalue weighted by molar-refractivity contribution is 0.0955. The van der Waals surface area contributed by atoms with E-state index >= 15 is 0 Å². The van der Waals surface area contributed by atoms with E-state index in [1.807, 2.05) is 61.5 Å². The average molecular weight is 643 g/mol. The fraction of sp³-hybridized carbons (Fsp3) is 0.118. The number of amides is 1. The number of ether oxygens (including phenoxy) is 2. The van der Waals surface area contributed by atoms with E-state index in [2.05, 4.69) is 62.2 Å². The van der Waals surface area contributed by atoms with E-state index in [1.165, 1.54) is 6.21 Å². The second-order valence-electron chi connectivity index (χ2n) is 9.49. The Hall–Kier alpha value is -4.33. The Morgan fingerprint density at radius 2 is 1.69 bits per heavy atom. The van der Waals surface area contributed by atoms with Crippen LogP contribution in [0, 0.1) is 6.92 Å². The summed E-state index contributed by atoms with van der Waals surface area (Å²) >= 11 is 9.99. The van der Waals surface area contributed by atoms with Crippen molar-refractivity contribution in [2.45, 2.75) is 20.5 Å². The molecule has 0 saturated heterocycles. The minimum absolute atomic E-state index is 0.323. The number of benzene rings is 4. The second kappa shape index (κ2) is 13.6. The van der Waals surface area contributed by atoms with Crippen molar-refractivity contribution in [2.75, 3.05) is 6.61 Å². The third-order valence-corrected chi connectivity index (χ3v) is 7.35. The maximum atomic E-state index is 12.8. The van der Waals surface area contributed by atoms with E-state index < -0.39 is 0 Å². The van der Waals surface area contributed by atoms with Crippen molar-refractivity contribution >= 4 is 39.7 Å². The van der Waals surface area contributed by atoms with Gasteiger partial charge in [0.15, 0.2) is 11.5 Å². The zero-order chi connectivity index (χ0) is 29.5. The number of nitrogens with zero attached hydrogens (tertiary/aromatic N) is 2. The Bertz CT molecular complexity index is 1700. The van der Waals surface area contributed by atoms with Gasteiger partial charge in [0.2, 0.25) is 0 Å². The van der Waals surface area contributed by atoms with Gasteiger partial charge in [-0.25, -0.2) is 5.43 Å². The first kappa shape index (κ1) is 29.2. The van der Waals surface area contributed by atoms with E-state index in [9.17, 15) is 4.79 Å². The van der Waals surface area contributed by atoms with Gasteiger partial charge >= 0.3 is 0 Å². The predicted molar refractivity (Wildman–Crippen MR) is 172 cm³/mol. The first-order valence-electron chi connectivity index (χ1n) is 13.4. The van der Waals surface area contributed by atoms with Gasteiger partial charge in [0.25, 0.3) is 5.91 Å². The SMILES string of the molecule is CCOc1cc(/C=N/NC(=O)c2ccc(-n3c(C)ccc3-c3ccccc3)cc2)cc(Cl)c1OCc1ccc(Br)cc1. The molecule has 0 aliphatic carbocycles. The van der Waals surface area contributed by atoms with Crippen LogP contribution in [0.25, 0.3) is 16.9 Å². The number of carbonyl (C=O) groups excluding carboxylic acids is 1. The van der Waals surface area contributed by atoms with Crippen molar-refractivity contribution in [2.24, 2.45) is 5.10 Å². The third kappa shape index (κ3) is 6.93. The molecule has 5 aromatic rings. The van der Waals surface area contributed by atoms with Crippen LogP contribution in [0.5, 0.6) is 11.5 Å². The molecule has 0 spiro atoms. The molecule has 0 aliphatic heterocycles. The molecule has 42 heavy (non-hydrogen) atoms. The molecule has 1 amide bonds. The number of aromatic nitrogens is 1. The molecule has 0 radical (unpaired) electrons. The largest absolute Gasteiger partial charge is 0.490 e. The van der Waals surface area contributed by atoms with Crippen LogP contribution in [-0.2, 0) is 6.61 Å². The predicted octanol–water partition coefficient (Wildman–Crippen LogP) is 8.61. The Labute approximate surface area is 258 Å². The summed E-state index contributed by atoms with van der Waals surface area (Å²) < 4.78 is 14.9. The van der Waals surface area contributed by atoms with Gasteiger partial charge in [-0.3, -0.25) is 4.79 Å². The lowest BCUT2D eigenvalue weighted by atomic mass is 10.1. The van der Waals surface area contributed by atoms with Crippen LogP contribution in [0.2, 0.25) is 5.02 Å². The third-order valence-electron chi connectivity index (χ3n) is 6.54. The van der Waals surface area contributed by atoms with Crippen LogP contribution in [0.15, 0.2) is 113 Å². The molecule has 4 aromatic carbocycles. The minimum atomic E-state index is -0.323. The Morgan fingerprint density at radius 3 is 2.40 bits per heavy atom. The van der Waals surface area contributed by atoms with Gasteiger partial charge in [0, 0.05) is 21.4 Å². The van der Waals surface area contributed by atoms with Crippen molar-refractivity contribution in [3.63, 3.8) is 0 Å². The molecule has 8 heteroatoms. The number of hydrazone groups is 1. The summed E-state index contributed by atoms with van der Waals surface area (Å²) in [5.41, 5.74) is 9.02. The number of rotatable bonds is 10. The van der Waals surface area contributed by atoms with E-state index in [0.29, 0.717) is 40.9 Å². The number of carbonyl (C=O) groups is 1. The van der Waals surface area contributed by atoms with Gasteiger partial charge in [-0.1, -0.05) is 70.0 Å². The molecular formula is C34H29BrClN3O3. The molecule has 0 unspecified atom stereocenters. The molecule has 6 nitrogen and oxygen atoms in total. The minimum Gasteiger partial charge on any atom is -0.490 e. The van der Waals surface area contributed by atoms with Gasteiger partial charge in [0.1, 0.15) is 6.61 Å². The zero-order valence-corrected chi connectivity index (χ0v) is 25.5. The summed E-state index contributed by atoms with van der Waals surface area (Å²) in [6.07, 6.45) is 1.52. The van der Waals surface area contributed by atoms with Crippen LogP contribution >= 0.6 is 27.5 Å². The van der Waals surface area contributed by atoms with Crippen molar-refractivity contribution in [3.8, 4) is 28.4 Å². The van der Waals surface area contributed by atoms with Gasteiger partial charge in [0.05, 0.1) is 23.5 Å². The van der Waals surface area contributed by atoms with Crippen LogP contribution in [0.4, 0.5) is 0 Å². The number of hydrogen-bond donors (Lipinski definition) is 1. The summed E-state index contributed by atoms with van der Waals surface area (Å²) in [6, 6.07) is 33.2. The molecule has 0 aliphatic rings. The van der Waals surface area contributed by atoms with Crippen LogP contribution in [-0.4, -0.2) is 23.3 Å². The van der Waals surface area contributed by atoms with E-state index in [4.69, 9.17) is 21.1 Å². The normalized spacial score (nSPS) is 11.0. The smallest absolute Gasteiger partial charge is 0.271 e. The summed E-state index contributed by atoms with van der Waals surface area (Å²) in [4.78, 5) is 12.8. The maximum Gasteiger partial charge on any atom is 0.271 e. The molecule has 212 valence electrons. The maximum absolute atomic E-state index is 12.8. The van der Waals surface area contributed by atoms with Gasteiger partial charge < -0.3 is 14.0 Å². The molecule has 0 fully saturated rings. The summed E-state index contributed by atoms with van der Waals surface area (Å²) in [6.45, 7) is 4.73. The first-order valence-corrected chi connectivity index (χ1v) is 14.6. The summed E-state index contributed by atoms with van der Waals surface area (Å²) in [7, 11) is 0. The highest BCUT2D eigenvalue weighted by Gasteiger charge is 2.14. The van der Waals surface area contributed by atoms with Crippen molar-refractivity contribution in [1.29, 1.82) is 0 Å². The fourth-order valence-corrected chi connectivity index (χ4v) is 5.05. The topological polar surface area (TPSA) is 64.8 Å². The van der Waals surface area contributed by atoms with Crippen molar-refractivity contribution in [1.82, 2.24) is 9.99 Å². The number of halogens is 2. The standard InChI is InChI=1S/C34H29BrClN3O3/c1-3-41-32-20-25(19-30(36)33(32)42-22-24-10-14-28(35)15-11-24)21-37-38-34(40)27-12-16-29(17-13-27)39-23(2)9-18-31(39)26-7-5-4-6-8-26/h4-21H,3,22H2,1-2H3,(H,38,40)/b37-21+. The van der Waals surface area contributed by atoms with Gasteiger partial charge in [-0.05, 0) is 91.2 Å². The molecule has 1 aromatic heterocycles. The summed E-state index contributed by atoms with van der Waals surface area (Å²) in [5, 5.41) is 4.53. The quantitative estimate of drug-likeness (QED) is 0.123. The number of aryl methyl sites for hydroxylation is 1. The van der Waals surface area contributed by atoms with Crippen molar-refractivity contribution in [3.05, 3.63) is 135 Å². The van der Waals surface area contributed by atoms with E-state index in [1.54, 1.807) is 24.3 Å². The number of hydrogen-bond acceptors (Lipinski definition) is 4. The van der Waals surface area contributed by atoms with Crippen LogP contribution in [0.3, 0.4) is 0 Å². The molecule has 0 atom stereocenters. The first-order chi connectivity index (χ1) is 20.4. The molecule has 5 rings (SSSR count). The second-order valence-corrected chi connectivity index (χ2v) is 10.8. The fourth-order valence-electron chi connectivity index (χ4n) is 4.51. The summed E-state index contributed by atoms with van der Waals surface area (Å²) in [5.74, 6) is 0.632. The van der Waals surface area contributed by atoms with E-state index in [-0.39, 0.29) is 5.91 Å². The molecule has 1 heterocycles.